The zero-order chi connectivity index (χ0) is 19.1. The fourth-order valence-electron chi connectivity index (χ4n) is 4.22. The third-order valence-electron chi connectivity index (χ3n) is 5.83. The zero-order valence-corrected chi connectivity index (χ0v) is 16.9. The van der Waals surface area contributed by atoms with E-state index in [9.17, 15) is 4.79 Å². The summed E-state index contributed by atoms with van der Waals surface area (Å²) in [6.45, 7) is 2.28. The lowest BCUT2D eigenvalue weighted by Crippen LogP contribution is -2.13. The molecule has 2 nitrogen and oxygen atoms in total. The Morgan fingerprint density at radius 2 is 1.52 bits per heavy atom. The largest absolute Gasteiger partial charge is 0.415 e. The Hall–Kier alpha value is -1.80. The molecule has 0 aromatic heterocycles. The molecule has 1 aliphatic rings. The summed E-state index contributed by atoms with van der Waals surface area (Å²) in [6.07, 6.45) is 11.0. The van der Waals surface area contributed by atoms with Crippen molar-refractivity contribution < 1.29 is 9.53 Å². The van der Waals surface area contributed by atoms with Crippen molar-refractivity contribution in [3.8, 4) is 16.9 Å². The van der Waals surface area contributed by atoms with Crippen molar-refractivity contribution in [3.05, 3.63) is 54.1 Å². The number of hydrogen-bond acceptors (Lipinski definition) is 2. The lowest BCUT2D eigenvalue weighted by atomic mass is 9.77. The molecule has 1 fully saturated rings. The summed E-state index contributed by atoms with van der Waals surface area (Å²) in [5.74, 6) is 2.13. The van der Waals surface area contributed by atoms with Gasteiger partial charge in [-0.2, -0.15) is 0 Å². The number of hydrogen-bond donors (Lipinski definition) is 0. The van der Waals surface area contributed by atoms with Crippen LogP contribution in [0.15, 0.2) is 48.5 Å². The third-order valence-corrected chi connectivity index (χ3v) is 5.91. The van der Waals surface area contributed by atoms with E-state index in [4.69, 9.17) is 16.3 Å². The van der Waals surface area contributed by atoms with Gasteiger partial charge in [0.05, 0.1) is 0 Å². The van der Waals surface area contributed by atoms with Gasteiger partial charge in [-0.25, -0.2) is 4.79 Å². The van der Waals surface area contributed by atoms with Crippen molar-refractivity contribution in [2.45, 2.75) is 64.2 Å². The van der Waals surface area contributed by atoms with Gasteiger partial charge in [0.15, 0.2) is 0 Å². The van der Waals surface area contributed by atoms with E-state index in [0.717, 1.165) is 11.5 Å². The standard InChI is InChI=1S/C24H29ClO2/c1-2-3-4-5-18-6-8-19(9-7-18)20-10-12-21(13-11-20)22-14-16-23(17-15-22)27-24(25)26/h10-19H,2-9H2,1H3. The lowest BCUT2D eigenvalue weighted by Gasteiger charge is -2.29. The van der Waals surface area contributed by atoms with Crippen LogP contribution in [0, 0.1) is 5.92 Å². The predicted molar refractivity (Wildman–Crippen MR) is 113 cm³/mol. The van der Waals surface area contributed by atoms with Gasteiger partial charge in [-0.05, 0) is 66.3 Å². The Balaban J connectivity index is 1.55. The molecule has 0 heterocycles. The molecule has 3 rings (SSSR count). The molecular formula is C24H29ClO2. The molecule has 0 unspecified atom stereocenters. The van der Waals surface area contributed by atoms with Crippen LogP contribution in [0.1, 0.15) is 69.8 Å². The molecule has 144 valence electrons. The van der Waals surface area contributed by atoms with Crippen LogP contribution in [0.3, 0.4) is 0 Å². The second-order valence-electron chi connectivity index (χ2n) is 7.70. The first-order valence-corrected chi connectivity index (χ1v) is 10.6. The van der Waals surface area contributed by atoms with Crippen LogP contribution in [-0.4, -0.2) is 5.43 Å². The second kappa shape index (κ2) is 9.94. The average molecular weight is 385 g/mol. The molecule has 0 saturated heterocycles. The zero-order valence-electron chi connectivity index (χ0n) is 16.1. The van der Waals surface area contributed by atoms with E-state index in [1.54, 1.807) is 12.1 Å². The maximum absolute atomic E-state index is 10.8. The SMILES string of the molecule is CCCCCC1CCC(c2ccc(-c3ccc(OC(=O)Cl)cc3)cc2)CC1. The van der Waals surface area contributed by atoms with Gasteiger partial charge >= 0.3 is 5.43 Å². The first-order valence-electron chi connectivity index (χ1n) is 10.2. The van der Waals surface area contributed by atoms with Crippen LogP contribution in [-0.2, 0) is 0 Å². The number of carbonyl (C=O) groups is 1. The van der Waals surface area contributed by atoms with E-state index in [-0.39, 0.29) is 0 Å². The minimum absolute atomic E-state index is 0.464. The molecule has 0 radical (unpaired) electrons. The fraction of sp³-hybridized carbons (Fsp3) is 0.458. The first kappa shape index (κ1) is 19.9. The van der Waals surface area contributed by atoms with Gasteiger partial charge in [-0.1, -0.05) is 69.0 Å². The molecule has 1 aliphatic carbocycles. The Morgan fingerprint density at radius 3 is 2.07 bits per heavy atom. The monoisotopic (exact) mass is 384 g/mol. The molecule has 3 heteroatoms. The van der Waals surface area contributed by atoms with E-state index >= 15 is 0 Å². The van der Waals surface area contributed by atoms with Crippen LogP contribution in [0.5, 0.6) is 5.75 Å². The highest BCUT2D eigenvalue weighted by molar-refractivity contribution is 6.61. The van der Waals surface area contributed by atoms with Crippen LogP contribution in [0.2, 0.25) is 0 Å². The molecule has 0 bridgehead atoms. The number of rotatable bonds is 7. The minimum Gasteiger partial charge on any atom is -0.415 e. The lowest BCUT2D eigenvalue weighted by molar-refractivity contribution is 0.225. The molecule has 0 N–H and O–H groups in total. The summed E-state index contributed by atoms with van der Waals surface area (Å²) < 4.78 is 4.87. The summed E-state index contributed by atoms with van der Waals surface area (Å²) in [5.41, 5.74) is 2.94. The number of benzene rings is 2. The van der Waals surface area contributed by atoms with Gasteiger partial charge in [-0.3, -0.25) is 0 Å². The van der Waals surface area contributed by atoms with E-state index < -0.39 is 5.43 Å². The fourth-order valence-corrected chi connectivity index (χ4v) is 4.31. The predicted octanol–water partition coefficient (Wildman–Crippen LogP) is 7.95. The van der Waals surface area contributed by atoms with Crippen molar-refractivity contribution in [2.75, 3.05) is 0 Å². The molecule has 0 aliphatic heterocycles. The summed E-state index contributed by atoms with van der Waals surface area (Å²) in [5, 5.41) is 0. The molecule has 27 heavy (non-hydrogen) atoms. The Bertz CT molecular complexity index is 713. The summed E-state index contributed by atoms with van der Waals surface area (Å²) >= 11 is 5.24. The van der Waals surface area contributed by atoms with E-state index in [0.29, 0.717) is 11.7 Å². The molecule has 1 saturated carbocycles. The number of ether oxygens (including phenoxy) is 1. The third kappa shape index (κ3) is 5.84. The van der Waals surface area contributed by atoms with E-state index in [1.807, 2.05) is 12.1 Å². The number of carbonyl (C=O) groups excluding carboxylic acids is 1. The van der Waals surface area contributed by atoms with Crippen molar-refractivity contribution in [1.82, 2.24) is 0 Å². The highest BCUT2D eigenvalue weighted by Gasteiger charge is 2.22. The number of unbranched alkanes of at least 4 members (excludes halogenated alkanes) is 2. The number of halogens is 1. The molecule has 0 amide bonds. The van der Waals surface area contributed by atoms with Gasteiger partial charge in [0.2, 0.25) is 0 Å². The van der Waals surface area contributed by atoms with Crippen molar-refractivity contribution in [2.24, 2.45) is 5.92 Å². The van der Waals surface area contributed by atoms with Crippen LogP contribution in [0.4, 0.5) is 4.79 Å². The van der Waals surface area contributed by atoms with Crippen LogP contribution in [0.25, 0.3) is 11.1 Å². The van der Waals surface area contributed by atoms with Gasteiger partial charge in [0, 0.05) is 11.6 Å². The summed E-state index contributed by atoms with van der Waals surface area (Å²) in [7, 11) is 0. The van der Waals surface area contributed by atoms with E-state index in [2.05, 4.69) is 31.2 Å². The Morgan fingerprint density at radius 1 is 0.926 bits per heavy atom. The topological polar surface area (TPSA) is 26.3 Å². The quantitative estimate of drug-likeness (QED) is 0.357. The van der Waals surface area contributed by atoms with E-state index in [1.165, 1.54) is 62.5 Å². The van der Waals surface area contributed by atoms with Crippen LogP contribution < -0.4 is 4.74 Å². The van der Waals surface area contributed by atoms with Crippen molar-refractivity contribution in [1.29, 1.82) is 0 Å². The molecule has 0 atom stereocenters. The van der Waals surface area contributed by atoms with Crippen molar-refractivity contribution >= 4 is 17.0 Å². The smallest absolute Gasteiger partial charge is 0.409 e. The average Bonchev–Trinajstić information content (AvgIpc) is 2.69. The highest BCUT2D eigenvalue weighted by Crippen LogP contribution is 2.38. The van der Waals surface area contributed by atoms with Gasteiger partial charge in [-0.15, -0.1) is 0 Å². The van der Waals surface area contributed by atoms with Gasteiger partial charge in [0.25, 0.3) is 0 Å². The summed E-state index contributed by atoms with van der Waals surface area (Å²) in [4.78, 5) is 10.8. The minimum atomic E-state index is -0.813. The van der Waals surface area contributed by atoms with Gasteiger partial charge in [0.1, 0.15) is 5.75 Å². The maximum atomic E-state index is 10.8. The molecular weight excluding hydrogens is 356 g/mol. The maximum Gasteiger partial charge on any atom is 0.409 e. The normalized spacial score (nSPS) is 19.6. The summed E-state index contributed by atoms with van der Waals surface area (Å²) in [6, 6.07) is 16.4. The van der Waals surface area contributed by atoms with Gasteiger partial charge < -0.3 is 4.74 Å². The van der Waals surface area contributed by atoms with Crippen molar-refractivity contribution in [3.63, 3.8) is 0 Å². The molecule has 2 aromatic rings. The molecule has 2 aromatic carbocycles. The Labute approximate surface area is 167 Å². The first-order chi connectivity index (χ1) is 13.2. The van der Waals surface area contributed by atoms with Crippen LogP contribution >= 0.6 is 11.6 Å². The second-order valence-corrected chi connectivity index (χ2v) is 8.01. The Kier molecular flexibility index (Phi) is 7.34. The molecule has 0 spiro atoms. The highest BCUT2D eigenvalue weighted by atomic mass is 35.5.